The summed E-state index contributed by atoms with van der Waals surface area (Å²) in [4.78, 5) is 0. The molecule has 0 radical (unpaired) electrons. The number of aromatic nitrogens is 1. The maximum atomic E-state index is 13.2. The van der Waals surface area contributed by atoms with E-state index in [9.17, 15) is 5.21 Å². The quantitative estimate of drug-likeness (QED) is 0.475. The number of methoxy groups -OCH3 is 4. The van der Waals surface area contributed by atoms with Crippen LogP contribution in [-0.2, 0) is 6.42 Å². The number of ether oxygens (including phenoxy) is 4. The second-order valence-electron chi connectivity index (χ2n) is 6.38. The number of hydrogen-bond donors (Lipinski definition) is 0. The molecule has 28 heavy (non-hydrogen) atoms. The van der Waals surface area contributed by atoms with Crippen LogP contribution in [0.25, 0.3) is 22.0 Å². The van der Waals surface area contributed by atoms with Crippen molar-refractivity contribution in [1.82, 2.24) is 0 Å². The van der Waals surface area contributed by atoms with Crippen molar-refractivity contribution in [2.45, 2.75) is 20.3 Å². The number of rotatable bonds is 6. The molecule has 0 fully saturated rings. The van der Waals surface area contributed by atoms with Crippen LogP contribution in [0.4, 0.5) is 0 Å². The van der Waals surface area contributed by atoms with Gasteiger partial charge in [-0.2, -0.15) is 4.73 Å². The molecule has 6 heteroatoms. The molecular weight excluding hydrogens is 358 g/mol. The second-order valence-corrected chi connectivity index (χ2v) is 6.38. The summed E-state index contributed by atoms with van der Waals surface area (Å²) in [6.45, 7) is 3.88. The first-order chi connectivity index (χ1) is 13.5. The van der Waals surface area contributed by atoms with Gasteiger partial charge in [0.1, 0.15) is 0 Å². The number of pyridine rings is 1. The summed E-state index contributed by atoms with van der Waals surface area (Å²) in [7, 11) is 6.34. The molecule has 0 bridgehead atoms. The average Bonchev–Trinajstić information content (AvgIpc) is 2.73. The largest absolute Gasteiger partial charge is 0.618 e. The highest BCUT2D eigenvalue weighted by atomic mass is 16.5. The van der Waals surface area contributed by atoms with Crippen LogP contribution >= 0.6 is 0 Å². The summed E-state index contributed by atoms with van der Waals surface area (Å²) < 4.78 is 22.7. The van der Waals surface area contributed by atoms with Crippen molar-refractivity contribution in [3.63, 3.8) is 0 Å². The first-order valence-corrected chi connectivity index (χ1v) is 9.03. The van der Waals surface area contributed by atoms with E-state index in [0.29, 0.717) is 34.4 Å². The van der Waals surface area contributed by atoms with E-state index in [0.717, 1.165) is 33.1 Å². The lowest BCUT2D eigenvalue weighted by Gasteiger charge is -2.18. The van der Waals surface area contributed by atoms with E-state index in [2.05, 4.69) is 0 Å². The molecule has 6 nitrogen and oxygen atoms in total. The van der Waals surface area contributed by atoms with Gasteiger partial charge in [-0.05, 0) is 36.8 Å². The van der Waals surface area contributed by atoms with Gasteiger partial charge in [0.15, 0.2) is 28.7 Å². The molecule has 1 heterocycles. The van der Waals surface area contributed by atoms with E-state index in [1.54, 1.807) is 34.5 Å². The number of nitrogens with zero attached hydrogens (tertiary/aromatic N) is 1. The fourth-order valence-electron chi connectivity index (χ4n) is 3.62. The first-order valence-electron chi connectivity index (χ1n) is 9.03. The molecule has 3 rings (SSSR count). The Morgan fingerprint density at radius 1 is 0.786 bits per heavy atom. The molecule has 0 saturated heterocycles. The van der Waals surface area contributed by atoms with Gasteiger partial charge in [-0.3, -0.25) is 0 Å². The van der Waals surface area contributed by atoms with Gasteiger partial charge < -0.3 is 24.2 Å². The van der Waals surface area contributed by atoms with Crippen LogP contribution in [0, 0.1) is 12.1 Å². The predicted octanol–water partition coefficient (Wildman–Crippen LogP) is 4.05. The minimum absolute atomic E-state index is 0.534. The van der Waals surface area contributed by atoms with E-state index in [4.69, 9.17) is 18.9 Å². The van der Waals surface area contributed by atoms with Crippen LogP contribution in [-0.4, -0.2) is 28.4 Å². The normalized spacial score (nSPS) is 10.8. The van der Waals surface area contributed by atoms with Crippen LogP contribution in [0.3, 0.4) is 0 Å². The van der Waals surface area contributed by atoms with Gasteiger partial charge in [-0.25, -0.2) is 0 Å². The van der Waals surface area contributed by atoms with Crippen molar-refractivity contribution in [2.24, 2.45) is 0 Å². The third-order valence-corrected chi connectivity index (χ3v) is 5.06. The second kappa shape index (κ2) is 7.84. The Hall–Kier alpha value is -3.15. The van der Waals surface area contributed by atoms with E-state index >= 15 is 0 Å². The highest BCUT2D eigenvalue weighted by Crippen LogP contribution is 2.39. The summed E-state index contributed by atoms with van der Waals surface area (Å²) in [6, 6.07) is 9.25. The fraction of sp³-hybridized carbons (Fsp3) is 0.318. The molecule has 1 aromatic heterocycles. The minimum Gasteiger partial charge on any atom is -0.618 e. The van der Waals surface area contributed by atoms with Gasteiger partial charge in [0.25, 0.3) is 0 Å². The SMILES string of the molecule is CCc1c(C)[n+]([O-])c(-c2ccc(OC)c(OC)c2)c2cc(OC)c(OC)cc12. The molecule has 0 aliphatic rings. The molecule has 148 valence electrons. The topological polar surface area (TPSA) is 63.9 Å². The van der Waals surface area contributed by atoms with Crippen molar-refractivity contribution >= 4 is 10.8 Å². The molecule has 0 aliphatic heterocycles. The molecule has 0 saturated carbocycles. The standard InChI is InChI=1S/C22H25NO5/c1-7-15-13(2)23(24)22(14-8-9-18(25-3)19(10-14)26-4)17-12-21(28-6)20(27-5)11-16(15)17/h8-12H,7H2,1-6H3. The Morgan fingerprint density at radius 2 is 1.32 bits per heavy atom. The summed E-state index contributed by atoms with van der Waals surface area (Å²) in [5.41, 5.74) is 2.91. The number of benzene rings is 2. The number of hydrogen-bond acceptors (Lipinski definition) is 5. The Morgan fingerprint density at radius 3 is 1.86 bits per heavy atom. The summed E-state index contributed by atoms with van der Waals surface area (Å²) in [6.07, 6.45) is 0.728. The Bertz CT molecular complexity index is 1030. The van der Waals surface area contributed by atoms with Gasteiger partial charge in [0.05, 0.1) is 39.4 Å². The van der Waals surface area contributed by atoms with Crippen molar-refractivity contribution in [2.75, 3.05) is 28.4 Å². The lowest BCUT2D eigenvalue weighted by molar-refractivity contribution is -0.599. The van der Waals surface area contributed by atoms with Gasteiger partial charge >= 0.3 is 0 Å². The minimum atomic E-state index is 0.534. The molecule has 0 aliphatic carbocycles. The van der Waals surface area contributed by atoms with Gasteiger partial charge in [0.2, 0.25) is 5.69 Å². The van der Waals surface area contributed by atoms with E-state index in [1.165, 1.54) is 0 Å². The fourth-order valence-corrected chi connectivity index (χ4v) is 3.62. The smallest absolute Gasteiger partial charge is 0.232 e. The highest BCUT2D eigenvalue weighted by Gasteiger charge is 2.24. The van der Waals surface area contributed by atoms with Crippen molar-refractivity contribution in [3.8, 4) is 34.3 Å². The monoisotopic (exact) mass is 383 g/mol. The van der Waals surface area contributed by atoms with Crippen LogP contribution in [0.2, 0.25) is 0 Å². The molecule has 0 spiro atoms. The van der Waals surface area contributed by atoms with Gasteiger partial charge in [-0.15, -0.1) is 0 Å². The van der Waals surface area contributed by atoms with E-state index in [-0.39, 0.29) is 0 Å². The van der Waals surface area contributed by atoms with Gasteiger partial charge in [-0.1, -0.05) is 6.92 Å². The number of aryl methyl sites for hydroxylation is 1. The predicted molar refractivity (Wildman–Crippen MR) is 109 cm³/mol. The molecular formula is C22H25NO5. The average molecular weight is 383 g/mol. The third kappa shape index (κ3) is 3.05. The highest BCUT2D eigenvalue weighted by molar-refractivity contribution is 5.98. The third-order valence-electron chi connectivity index (χ3n) is 5.06. The molecule has 0 atom stereocenters. The molecule has 2 aromatic carbocycles. The van der Waals surface area contributed by atoms with E-state index in [1.807, 2.05) is 38.1 Å². The summed E-state index contributed by atoms with van der Waals surface area (Å²) in [5, 5.41) is 15.0. The van der Waals surface area contributed by atoms with Crippen molar-refractivity contribution in [1.29, 1.82) is 0 Å². The zero-order valence-electron chi connectivity index (χ0n) is 17.1. The van der Waals surface area contributed by atoms with E-state index < -0.39 is 0 Å². The number of fused-ring (bicyclic) bond motifs is 1. The van der Waals surface area contributed by atoms with Crippen LogP contribution in [0.1, 0.15) is 18.2 Å². The summed E-state index contributed by atoms with van der Waals surface area (Å²) in [5.74, 6) is 2.37. The van der Waals surface area contributed by atoms with Gasteiger partial charge in [0, 0.05) is 17.9 Å². The molecule has 0 amide bonds. The van der Waals surface area contributed by atoms with Crippen LogP contribution < -0.4 is 23.7 Å². The lowest BCUT2D eigenvalue weighted by Crippen LogP contribution is -2.34. The van der Waals surface area contributed by atoms with Crippen LogP contribution in [0.15, 0.2) is 30.3 Å². The zero-order chi connectivity index (χ0) is 20.4. The molecule has 0 unspecified atom stereocenters. The lowest BCUT2D eigenvalue weighted by atomic mass is 9.96. The molecule has 3 aromatic rings. The van der Waals surface area contributed by atoms with Crippen LogP contribution in [0.5, 0.6) is 23.0 Å². The Kier molecular flexibility index (Phi) is 5.49. The van der Waals surface area contributed by atoms with Crippen molar-refractivity contribution in [3.05, 3.63) is 46.8 Å². The summed E-state index contributed by atoms with van der Waals surface area (Å²) >= 11 is 0. The Balaban J connectivity index is 2.44. The zero-order valence-corrected chi connectivity index (χ0v) is 17.1. The maximum absolute atomic E-state index is 13.2. The maximum Gasteiger partial charge on any atom is 0.232 e. The molecule has 0 N–H and O–H groups in total. The first kappa shape index (κ1) is 19.6. The Labute approximate surface area is 164 Å². The van der Waals surface area contributed by atoms with Crippen molar-refractivity contribution < 1.29 is 23.7 Å².